The fraction of sp³-hybridized carbons (Fsp3) is 0.0556. The van der Waals surface area contributed by atoms with E-state index < -0.39 is 11.7 Å². The molecule has 2 heterocycles. The number of benzene rings is 2. The summed E-state index contributed by atoms with van der Waals surface area (Å²) in [5.41, 5.74) is 0.855. The van der Waals surface area contributed by atoms with Crippen LogP contribution in [0.3, 0.4) is 0 Å². The van der Waals surface area contributed by atoms with Crippen LogP contribution in [0.15, 0.2) is 69.8 Å². The summed E-state index contributed by atoms with van der Waals surface area (Å²) in [6.07, 6.45) is -0.709. The van der Waals surface area contributed by atoms with Gasteiger partial charge in [-0.1, -0.05) is 42.5 Å². The van der Waals surface area contributed by atoms with Crippen molar-refractivity contribution in [3.8, 4) is 11.4 Å². The van der Waals surface area contributed by atoms with E-state index in [4.69, 9.17) is 0 Å². The average molecular weight is 372 g/mol. The highest BCUT2D eigenvalue weighted by molar-refractivity contribution is 8.04. The van der Waals surface area contributed by atoms with Crippen molar-refractivity contribution in [3.63, 3.8) is 0 Å². The molecule has 1 aliphatic heterocycles. The summed E-state index contributed by atoms with van der Waals surface area (Å²) in [7, 11) is 0. The van der Waals surface area contributed by atoms with Crippen LogP contribution in [-0.4, -0.2) is 21.1 Å². The molecule has 0 radical (unpaired) electrons. The van der Waals surface area contributed by atoms with E-state index in [0.29, 0.717) is 16.5 Å². The Morgan fingerprint density at radius 3 is 2.35 bits per heavy atom. The summed E-state index contributed by atoms with van der Waals surface area (Å²) in [4.78, 5) is 0.898. The Bertz CT molecular complexity index is 990. The zero-order chi connectivity index (χ0) is 18.1. The average Bonchev–Trinajstić information content (AvgIpc) is 3.05. The molecule has 0 amide bonds. The SMILES string of the molecule is FC(F)(F)c1ccc(-c2nnc3n2N=C/C(=C/c2ccccc2)S3)cc1. The van der Waals surface area contributed by atoms with E-state index in [1.807, 2.05) is 36.4 Å². The first-order chi connectivity index (χ1) is 12.5. The molecule has 0 spiro atoms. The maximum Gasteiger partial charge on any atom is 0.416 e. The molecule has 0 bridgehead atoms. The molecule has 0 aliphatic carbocycles. The molecule has 0 saturated carbocycles. The number of halogens is 3. The van der Waals surface area contributed by atoms with Crippen LogP contribution in [0.4, 0.5) is 13.2 Å². The molecule has 1 aliphatic rings. The predicted molar refractivity (Wildman–Crippen MR) is 94.6 cm³/mol. The minimum Gasteiger partial charge on any atom is -0.187 e. The van der Waals surface area contributed by atoms with Gasteiger partial charge in [0.1, 0.15) is 0 Å². The number of nitrogens with zero attached hydrogens (tertiary/aromatic N) is 4. The lowest BCUT2D eigenvalue weighted by Crippen LogP contribution is -2.05. The van der Waals surface area contributed by atoms with Crippen molar-refractivity contribution < 1.29 is 13.2 Å². The number of fused-ring (bicyclic) bond motifs is 1. The summed E-state index contributed by atoms with van der Waals surface area (Å²) in [6, 6.07) is 14.6. The van der Waals surface area contributed by atoms with Gasteiger partial charge >= 0.3 is 6.18 Å². The molecule has 4 rings (SSSR count). The molecule has 8 heteroatoms. The van der Waals surface area contributed by atoms with E-state index >= 15 is 0 Å². The minimum absolute atomic E-state index is 0.399. The second kappa shape index (κ2) is 6.45. The van der Waals surface area contributed by atoms with Crippen LogP contribution in [0, 0.1) is 0 Å². The van der Waals surface area contributed by atoms with Crippen LogP contribution in [0.25, 0.3) is 17.5 Å². The van der Waals surface area contributed by atoms with Crippen molar-refractivity contribution >= 4 is 24.1 Å². The Balaban J connectivity index is 1.62. The molecular weight excluding hydrogens is 361 g/mol. The predicted octanol–water partition coefficient (Wildman–Crippen LogP) is 4.94. The number of rotatable bonds is 2. The van der Waals surface area contributed by atoms with Crippen molar-refractivity contribution in [2.24, 2.45) is 5.10 Å². The Morgan fingerprint density at radius 2 is 1.65 bits per heavy atom. The van der Waals surface area contributed by atoms with Gasteiger partial charge in [-0.2, -0.15) is 22.9 Å². The quantitative estimate of drug-likeness (QED) is 0.640. The second-order valence-corrected chi connectivity index (χ2v) is 6.54. The summed E-state index contributed by atoms with van der Waals surface area (Å²) in [5, 5.41) is 13.1. The van der Waals surface area contributed by atoms with Crippen molar-refractivity contribution in [3.05, 3.63) is 70.6 Å². The Hall–Kier alpha value is -2.87. The Morgan fingerprint density at radius 1 is 0.923 bits per heavy atom. The molecule has 2 aromatic carbocycles. The van der Waals surface area contributed by atoms with Crippen LogP contribution in [0.1, 0.15) is 11.1 Å². The summed E-state index contributed by atoms with van der Waals surface area (Å²) < 4.78 is 39.6. The maximum atomic E-state index is 12.7. The van der Waals surface area contributed by atoms with Gasteiger partial charge in [-0.25, -0.2) is 0 Å². The fourth-order valence-electron chi connectivity index (χ4n) is 2.45. The molecule has 130 valence electrons. The van der Waals surface area contributed by atoms with Gasteiger partial charge in [0.25, 0.3) is 0 Å². The first kappa shape index (κ1) is 16.6. The lowest BCUT2D eigenvalue weighted by Gasteiger charge is -2.10. The molecule has 0 atom stereocenters. The largest absolute Gasteiger partial charge is 0.416 e. The second-order valence-electron chi connectivity index (χ2n) is 5.50. The van der Waals surface area contributed by atoms with E-state index in [9.17, 15) is 13.2 Å². The number of hydrogen-bond donors (Lipinski definition) is 0. The number of allylic oxidation sites excluding steroid dienone is 1. The van der Waals surface area contributed by atoms with Gasteiger partial charge in [0.05, 0.1) is 11.8 Å². The zero-order valence-corrected chi connectivity index (χ0v) is 14.0. The van der Waals surface area contributed by atoms with Crippen molar-refractivity contribution in [2.45, 2.75) is 11.3 Å². The first-order valence-electron chi connectivity index (χ1n) is 7.63. The highest BCUT2D eigenvalue weighted by atomic mass is 32.2. The summed E-state index contributed by atoms with van der Waals surface area (Å²) >= 11 is 1.40. The lowest BCUT2D eigenvalue weighted by atomic mass is 10.1. The third kappa shape index (κ3) is 3.28. The molecule has 0 saturated heterocycles. The Labute approximate surface area is 151 Å². The van der Waals surface area contributed by atoms with Gasteiger partial charge in [-0.05, 0) is 35.5 Å². The van der Waals surface area contributed by atoms with Gasteiger partial charge in [-0.15, -0.1) is 10.2 Å². The first-order valence-corrected chi connectivity index (χ1v) is 8.44. The van der Waals surface area contributed by atoms with Gasteiger partial charge in [0.2, 0.25) is 5.16 Å². The zero-order valence-electron chi connectivity index (χ0n) is 13.2. The van der Waals surface area contributed by atoms with Gasteiger partial charge in [-0.3, -0.25) is 0 Å². The van der Waals surface area contributed by atoms with Crippen LogP contribution in [-0.2, 0) is 6.18 Å². The van der Waals surface area contributed by atoms with Crippen LogP contribution >= 0.6 is 11.8 Å². The molecule has 0 fully saturated rings. The number of thioether (sulfide) groups is 1. The molecule has 1 aromatic heterocycles. The van der Waals surface area contributed by atoms with Crippen molar-refractivity contribution in [1.29, 1.82) is 0 Å². The lowest BCUT2D eigenvalue weighted by molar-refractivity contribution is -0.137. The van der Waals surface area contributed by atoms with Gasteiger partial charge in [0.15, 0.2) is 5.82 Å². The summed E-state index contributed by atoms with van der Waals surface area (Å²) in [6.45, 7) is 0. The maximum absolute atomic E-state index is 12.7. The number of hydrogen-bond acceptors (Lipinski definition) is 4. The van der Waals surface area contributed by atoms with E-state index in [1.54, 1.807) is 6.21 Å². The van der Waals surface area contributed by atoms with E-state index in [0.717, 1.165) is 22.6 Å². The van der Waals surface area contributed by atoms with E-state index in [-0.39, 0.29) is 0 Å². The number of alkyl halides is 3. The smallest absolute Gasteiger partial charge is 0.187 e. The number of aromatic nitrogens is 3. The van der Waals surface area contributed by atoms with Gasteiger partial charge < -0.3 is 0 Å². The molecule has 26 heavy (non-hydrogen) atoms. The van der Waals surface area contributed by atoms with Gasteiger partial charge in [0, 0.05) is 10.5 Å². The third-order valence-corrected chi connectivity index (χ3v) is 4.60. The molecular formula is C18H11F3N4S. The standard InChI is InChI=1S/C18H11F3N4S/c19-18(20,21)14-8-6-13(7-9-14)16-23-24-17-25(16)22-11-15(26-17)10-12-4-2-1-3-5-12/h1-11H/b15-10-. The summed E-state index contributed by atoms with van der Waals surface area (Å²) in [5.74, 6) is 0.399. The van der Waals surface area contributed by atoms with E-state index in [2.05, 4.69) is 15.3 Å². The molecule has 4 nitrogen and oxygen atoms in total. The fourth-order valence-corrected chi connectivity index (χ4v) is 3.26. The van der Waals surface area contributed by atoms with Crippen LogP contribution in [0.2, 0.25) is 0 Å². The van der Waals surface area contributed by atoms with Crippen LogP contribution in [0.5, 0.6) is 0 Å². The normalized spacial score (nSPS) is 15.3. The highest BCUT2D eigenvalue weighted by Crippen LogP contribution is 2.34. The topological polar surface area (TPSA) is 43.1 Å². The third-order valence-electron chi connectivity index (χ3n) is 3.70. The molecule has 3 aromatic rings. The van der Waals surface area contributed by atoms with Crippen molar-refractivity contribution in [2.75, 3.05) is 0 Å². The molecule has 0 unspecified atom stereocenters. The molecule has 0 N–H and O–H groups in total. The van der Waals surface area contributed by atoms with Crippen LogP contribution < -0.4 is 0 Å². The van der Waals surface area contributed by atoms with Crippen molar-refractivity contribution in [1.82, 2.24) is 14.9 Å². The Kier molecular flexibility index (Phi) is 4.12. The highest BCUT2D eigenvalue weighted by Gasteiger charge is 2.30. The monoisotopic (exact) mass is 372 g/mol. The van der Waals surface area contributed by atoms with E-state index in [1.165, 1.54) is 28.6 Å². The minimum atomic E-state index is -4.37.